The van der Waals surface area contributed by atoms with E-state index in [1.165, 1.54) is 7.11 Å². The topological polar surface area (TPSA) is 81.4 Å². The van der Waals surface area contributed by atoms with Crippen LogP contribution in [0.15, 0.2) is 30.5 Å². The van der Waals surface area contributed by atoms with Crippen molar-refractivity contribution in [2.45, 2.75) is 40.2 Å². The number of ether oxygens (including phenoxy) is 1. The highest BCUT2D eigenvalue weighted by Gasteiger charge is 2.20. The Labute approximate surface area is 185 Å². The molecule has 0 aliphatic carbocycles. The van der Waals surface area contributed by atoms with E-state index in [9.17, 15) is 4.79 Å². The van der Waals surface area contributed by atoms with Crippen molar-refractivity contribution in [3.63, 3.8) is 0 Å². The summed E-state index contributed by atoms with van der Waals surface area (Å²) in [5, 5.41) is 4.61. The van der Waals surface area contributed by atoms with Gasteiger partial charge in [0.15, 0.2) is 5.69 Å². The van der Waals surface area contributed by atoms with Crippen LogP contribution < -0.4 is 5.32 Å². The van der Waals surface area contributed by atoms with Crippen molar-refractivity contribution in [1.29, 1.82) is 0 Å². The molecule has 8 heteroatoms. The molecule has 0 aliphatic rings. The molecule has 1 N–H and O–H groups in total. The number of aromatic nitrogens is 4. The highest BCUT2D eigenvalue weighted by molar-refractivity contribution is 6.29. The van der Waals surface area contributed by atoms with Crippen molar-refractivity contribution in [3.8, 4) is 0 Å². The summed E-state index contributed by atoms with van der Waals surface area (Å²) in [6, 6.07) is 7.44. The van der Waals surface area contributed by atoms with Gasteiger partial charge in [0.2, 0.25) is 0 Å². The zero-order chi connectivity index (χ0) is 22.3. The second-order valence-corrected chi connectivity index (χ2v) is 7.98. The predicted molar refractivity (Wildman–Crippen MR) is 122 cm³/mol. The van der Waals surface area contributed by atoms with Gasteiger partial charge in [0.1, 0.15) is 16.6 Å². The Balaban J connectivity index is 1.87. The molecule has 0 radical (unpaired) electrons. The summed E-state index contributed by atoms with van der Waals surface area (Å²) in [7, 11) is 1.32. The number of aryl methyl sites for hydroxylation is 3. The van der Waals surface area contributed by atoms with Crippen molar-refractivity contribution in [2.24, 2.45) is 0 Å². The number of rotatable bonds is 5. The molecule has 0 spiro atoms. The van der Waals surface area contributed by atoms with Crippen LogP contribution in [-0.2, 0) is 11.2 Å². The number of esters is 1. The van der Waals surface area contributed by atoms with Gasteiger partial charge in [0, 0.05) is 23.6 Å². The third-order valence-electron chi connectivity index (χ3n) is 5.26. The van der Waals surface area contributed by atoms with Gasteiger partial charge in [-0.25, -0.2) is 19.7 Å². The van der Waals surface area contributed by atoms with E-state index in [1.807, 2.05) is 20.0 Å². The minimum Gasteiger partial charge on any atom is -0.464 e. The van der Waals surface area contributed by atoms with Crippen LogP contribution in [-0.4, -0.2) is 32.4 Å². The highest BCUT2D eigenvalue weighted by Crippen LogP contribution is 2.31. The first kappa shape index (κ1) is 21.1. The Kier molecular flexibility index (Phi) is 5.54. The predicted octanol–water partition coefficient (Wildman–Crippen LogP) is 5.07. The Bertz CT molecular complexity index is 1310. The number of benzene rings is 1. The van der Waals surface area contributed by atoms with Crippen LogP contribution >= 0.6 is 11.6 Å². The summed E-state index contributed by atoms with van der Waals surface area (Å²) >= 11 is 6.00. The molecule has 1 atom stereocenters. The van der Waals surface area contributed by atoms with Gasteiger partial charge in [0.05, 0.1) is 30.0 Å². The van der Waals surface area contributed by atoms with E-state index < -0.39 is 5.97 Å². The molecule has 160 valence electrons. The molecule has 7 nitrogen and oxygen atoms in total. The molecule has 0 unspecified atom stereocenters. The quantitative estimate of drug-likeness (QED) is 0.346. The molecule has 31 heavy (non-hydrogen) atoms. The molecule has 0 bridgehead atoms. The number of carbonyl (C=O) groups excluding carboxylic acids is 1. The van der Waals surface area contributed by atoms with Gasteiger partial charge in [-0.2, -0.15) is 0 Å². The molecule has 0 fully saturated rings. The van der Waals surface area contributed by atoms with Gasteiger partial charge in [-0.3, -0.25) is 4.40 Å². The van der Waals surface area contributed by atoms with Gasteiger partial charge in [-0.05, 0) is 44.5 Å². The minimum absolute atomic E-state index is 0.146. The van der Waals surface area contributed by atoms with E-state index in [1.54, 1.807) is 12.1 Å². The van der Waals surface area contributed by atoms with Crippen LogP contribution in [0.5, 0.6) is 0 Å². The fraction of sp³-hybridized carbons (Fsp3) is 0.304. The van der Waals surface area contributed by atoms with Gasteiger partial charge < -0.3 is 10.1 Å². The number of nitrogens with one attached hydrogen (secondary N) is 1. The number of halogens is 1. The van der Waals surface area contributed by atoms with E-state index in [-0.39, 0.29) is 16.9 Å². The smallest absolute Gasteiger partial charge is 0.358 e. The largest absolute Gasteiger partial charge is 0.464 e. The van der Waals surface area contributed by atoms with E-state index in [2.05, 4.69) is 40.7 Å². The first-order chi connectivity index (χ1) is 14.8. The SMILES string of the molecule is CCc1nc2c([C@@H](C)Nc3ccc(Cl)nc3C(=O)OC)cc(C)cc2c2nc(C)cn12. The van der Waals surface area contributed by atoms with Crippen LogP contribution in [0.3, 0.4) is 0 Å². The maximum atomic E-state index is 12.2. The van der Waals surface area contributed by atoms with Crippen molar-refractivity contribution in [2.75, 3.05) is 12.4 Å². The molecule has 3 aromatic heterocycles. The minimum atomic E-state index is -0.549. The number of carbonyl (C=O) groups is 1. The van der Waals surface area contributed by atoms with Crippen LogP contribution in [0.2, 0.25) is 5.15 Å². The molecule has 0 aliphatic heterocycles. The van der Waals surface area contributed by atoms with Crippen molar-refractivity contribution in [1.82, 2.24) is 19.4 Å². The lowest BCUT2D eigenvalue weighted by Gasteiger charge is -2.20. The summed E-state index contributed by atoms with van der Waals surface area (Å²) in [6.45, 7) is 8.15. The lowest BCUT2D eigenvalue weighted by Crippen LogP contribution is -2.14. The van der Waals surface area contributed by atoms with Crippen molar-refractivity contribution < 1.29 is 9.53 Å². The zero-order valence-corrected chi connectivity index (χ0v) is 18.9. The molecule has 0 saturated carbocycles. The molecular formula is C23H24ClN5O2. The van der Waals surface area contributed by atoms with Gasteiger partial charge in [0.25, 0.3) is 0 Å². The second-order valence-electron chi connectivity index (χ2n) is 7.60. The molecule has 3 heterocycles. The molecule has 4 rings (SSSR count). The third kappa shape index (κ3) is 3.81. The summed E-state index contributed by atoms with van der Waals surface area (Å²) in [5.41, 5.74) is 5.56. The van der Waals surface area contributed by atoms with Crippen LogP contribution in [0.1, 0.15) is 53.0 Å². The monoisotopic (exact) mass is 437 g/mol. The molecule has 0 saturated heterocycles. The van der Waals surface area contributed by atoms with E-state index in [4.69, 9.17) is 26.3 Å². The Hall–Kier alpha value is -3.19. The number of fused-ring (bicyclic) bond motifs is 3. The molecule has 1 aromatic carbocycles. The fourth-order valence-corrected chi connectivity index (χ4v) is 4.01. The lowest BCUT2D eigenvalue weighted by molar-refractivity contribution is 0.0595. The van der Waals surface area contributed by atoms with E-state index >= 15 is 0 Å². The van der Waals surface area contributed by atoms with Crippen LogP contribution in [0.4, 0.5) is 5.69 Å². The Morgan fingerprint density at radius 2 is 2.00 bits per heavy atom. The average Bonchev–Trinajstić information content (AvgIpc) is 3.15. The third-order valence-corrected chi connectivity index (χ3v) is 5.48. The highest BCUT2D eigenvalue weighted by atomic mass is 35.5. The maximum Gasteiger partial charge on any atom is 0.358 e. The molecular weight excluding hydrogens is 414 g/mol. The van der Waals surface area contributed by atoms with Crippen molar-refractivity contribution in [3.05, 3.63) is 64.0 Å². The number of pyridine rings is 1. The van der Waals surface area contributed by atoms with Gasteiger partial charge in [-0.1, -0.05) is 24.6 Å². The van der Waals surface area contributed by atoms with Crippen molar-refractivity contribution >= 4 is 39.8 Å². The Morgan fingerprint density at radius 1 is 1.23 bits per heavy atom. The fourth-order valence-electron chi connectivity index (χ4n) is 3.86. The summed E-state index contributed by atoms with van der Waals surface area (Å²) in [5.74, 6) is 0.399. The number of nitrogens with zero attached hydrogens (tertiary/aromatic N) is 4. The first-order valence-corrected chi connectivity index (χ1v) is 10.5. The second kappa shape index (κ2) is 8.15. The number of anilines is 1. The Morgan fingerprint density at radius 3 is 2.71 bits per heavy atom. The summed E-state index contributed by atoms with van der Waals surface area (Å²) in [4.78, 5) is 26.1. The number of methoxy groups -OCH3 is 1. The number of imidazole rings is 1. The van der Waals surface area contributed by atoms with Crippen LogP contribution in [0.25, 0.3) is 16.6 Å². The average molecular weight is 438 g/mol. The molecule has 4 aromatic rings. The summed E-state index contributed by atoms with van der Waals surface area (Å²) < 4.78 is 6.93. The van der Waals surface area contributed by atoms with Crippen LogP contribution in [0, 0.1) is 13.8 Å². The lowest BCUT2D eigenvalue weighted by atomic mass is 10.0. The van der Waals surface area contributed by atoms with E-state index in [0.717, 1.165) is 45.6 Å². The maximum absolute atomic E-state index is 12.2. The number of hydrogen-bond acceptors (Lipinski definition) is 6. The van der Waals surface area contributed by atoms with Gasteiger partial charge >= 0.3 is 5.97 Å². The summed E-state index contributed by atoms with van der Waals surface area (Å²) in [6.07, 6.45) is 2.80. The first-order valence-electron chi connectivity index (χ1n) is 10.1. The molecule has 0 amide bonds. The standard InChI is InChI=1S/C23H24ClN5O2/c1-6-19-28-20-15(9-12(2)10-16(20)22-25-13(3)11-29(19)22)14(4)26-17-7-8-18(24)27-21(17)23(30)31-5/h7-11,14,26H,6H2,1-5H3/t14-/m1/s1. The van der Waals surface area contributed by atoms with Gasteiger partial charge in [-0.15, -0.1) is 0 Å². The number of hydrogen-bond donors (Lipinski definition) is 1. The zero-order valence-electron chi connectivity index (χ0n) is 18.2. The van der Waals surface area contributed by atoms with E-state index in [0.29, 0.717) is 5.69 Å². The normalized spacial score (nSPS) is 12.3.